The van der Waals surface area contributed by atoms with Crippen LogP contribution in [0.15, 0.2) is 82.8 Å². The molecule has 1 N–H and O–H groups in total. The minimum absolute atomic E-state index is 0.177. The van der Waals surface area contributed by atoms with Gasteiger partial charge in [0.1, 0.15) is 11.5 Å². The van der Waals surface area contributed by atoms with Crippen LogP contribution < -0.4 is 4.74 Å². The van der Waals surface area contributed by atoms with Crippen molar-refractivity contribution in [3.8, 4) is 11.5 Å². The van der Waals surface area contributed by atoms with E-state index in [1.54, 1.807) is 19.2 Å². The number of para-hydroxylation sites is 2. The highest BCUT2D eigenvalue weighted by Gasteiger charge is 2.19. The zero-order chi connectivity index (χ0) is 17.9. The van der Waals surface area contributed by atoms with E-state index in [-0.39, 0.29) is 5.75 Å². The number of fused-ring (bicyclic) bond motifs is 1. The lowest BCUT2D eigenvalue weighted by atomic mass is 9.99. The van der Waals surface area contributed by atoms with Crippen molar-refractivity contribution < 1.29 is 9.84 Å². The molecule has 0 saturated carbocycles. The van der Waals surface area contributed by atoms with E-state index in [1.807, 2.05) is 60.7 Å². The molecule has 4 rings (SSSR count). The molecule has 4 nitrogen and oxygen atoms in total. The average Bonchev–Trinajstić information content (AvgIpc) is 2.88. The maximum atomic E-state index is 10.4. The van der Waals surface area contributed by atoms with Gasteiger partial charge in [-0.3, -0.25) is 9.98 Å². The molecule has 0 saturated heterocycles. The smallest absolute Gasteiger partial charge is 0.124 e. The van der Waals surface area contributed by atoms with Gasteiger partial charge in [0.25, 0.3) is 0 Å². The van der Waals surface area contributed by atoms with Gasteiger partial charge in [-0.15, -0.1) is 0 Å². The Morgan fingerprint density at radius 2 is 1.46 bits per heavy atom. The summed E-state index contributed by atoms with van der Waals surface area (Å²) in [5, 5.41) is 10.4. The maximum absolute atomic E-state index is 10.4. The third kappa shape index (κ3) is 3.09. The number of hydrogen-bond donors (Lipinski definition) is 1. The van der Waals surface area contributed by atoms with Crippen LogP contribution in [0.3, 0.4) is 0 Å². The first kappa shape index (κ1) is 16.1. The zero-order valence-corrected chi connectivity index (χ0v) is 14.4. The molecular formula is C22H18N2O2. The summed E-state index contributed by atoms with van der Waals surface area (Å²) in [7, 11) is 1.61. The van der Waals surface area contributed by atoms with E-state index >= 15 is 0 Å². The Balaban J connectivity index is 1.89. The molecule has 0 fully saturated rings. The number of hydrogen-bond acceptors (Lipinski definition) is 4. The summed E-state index contributed by atoms with van der Waals surface area (Å²) in [4.78, 5) is 9.65. The molecule has 0 aliphatic carbocycles. The molecule has 1 aliphatic heterocycles. The van der Waals surface area contributed by atoms with Gasteiger partial charge >= 0.3 is 0 Å². The van der Waals surface area contributed by atoms with Crippen molar-refractivity contribution in [2.75, 3.05) is 7.11 Å². The normalized spacial score (nSPS) is 13.3. The van der Waals surface area contributed by atoms with Crippen LogP contribution in [-0.4, -0.2) is 23.6 Å². The molecule has 1 aliphatic rings. The summed E-state index contributed by atoms with van der Waals surface area (Å²) < 4.78 is 5.32. The minimum atomic E-state index is 0.177. The second-order valence-corrected chi connectivity index (χ2v) is 6.03. The number of phenolic OH excluding ortho intramolecular Hbond substituents is 1. The summed E-state index contributed by atoms with van der Waals surface area (Å²) in [5.74, 6) is 0.854. The lowest BCUT2D eigenvalue weighted by Gasteiger charge is -2.11. The van der Waals surface area contributed by atoms with Crippen LogP contribution in [0, 0.1) is 0 Å². The monoisotopic (exact) mass is 342 g/mol. The molecule has 0 spiro atoms. The standard InChI is InChI=1S/C22H18N2O2/c1-26-16-11-12-22(25)17(13-16)21-14-20(15-7-3-2-4-8-15)23-18-9-5-6-10-19(18)24-21/h2-13,25H,14H2,1H3. The molecule has 0 amide bonds. The summed E-state index contributed by atoms with van der Waals surface area (Å²) in [6.07, 6.45) is 0.513. The van der Waals surface area contributed by atoms with Gasteiger partial charge in [-0.05, 0) is 35.9 Å². The van der Waals surface area contributed by atoms with Gasteiger partial charge in [-0.25, -0.2) is 0 Å². The van der Waals surface area contributed by atoms with Crippen molar-refractivity contribution in [3.05, 3.63) is 83.9 Å². The van der Waals surface area contributed by atoms with Gasteiger partial charge in [0.05, 0.1) is 29.9 Å². The average molecular weight is 342 g/mol. The van der Waals surface area contributed by atoms with Gasteiger partial charge < -0.3 is 9.84 Å². The predicted molar refractivity (Wildman–Crippen MR) is 105 cm³/mol. The van der Waals surface area contributed by atoms with E-state index < -0.39 is 0 Å². The number of rotatable bonds is 3. The molecule has 26 heavy (non-hydrogen) atoms. The van der Waals surface area contributed by atoms with Crippen molar-refractivity contribution >= 4 is 22.8 Å². The highest BCUT2D eigenvalue weighted by molar-refractivity contribution is 6.21. The quantitative estimate of drug-likeness (QED) is 0.724. The van der Waals surface area contributed by atoms with E-state index in [2.05, 4.69) is 0 Å². The fourth-order valence-electron chi connectivity index (χ4n) is 3.01. The molecule has 0 bridgehead atoms. The van der Waals surface area contributed by atoms with Gasteiger partial charge in [-0.2, -0.15) is 0 Å². The van der Waals surface area contributed by atoms with Gasteiger partial charge in [0.2, 0.25) is 0 Å². The summed E-state index contributed by atoms with van der Waals surface area (Å²) in [6, 6.07) is 23.0. The summed E-state index contributed by atoms with van der Waals surface area (Å²) in [5.41, 5.74) is 4.98. The summed E-state index contributed by atoms with van der Waals surface area (Å²) >= 11 is 0. The number of aromatic hydroxyl groups is 1. The van der Waals surface area contributed by atoms with Crippen LogP contribution >= 0.6 is 0 Å². The topological polar surface area (TPSA) is 54.2 Å². The Labute approximate surface area is 152 Å². The molecule has 128 valence electrons. The number of benzene rings is 3. The van der Waals surface area contributed by atoms with Crippen LogP contribution in [0.5, 0.6) is 11.5 Å². The number of phenols is 1. The Hall–Kier alpha value is -3.40. The zero-order valence-electron chi connectivity index (χ0n) is 14.4. The first-order valence-electron chi connectivity index (χ1n) is 8.41. The largest absolute Gasteiger partial charge is 0.507 e. The number of ether oxygens (including phenoxy) is 1. The van der Waals surface area contributed by atoms with Crippen molar-refractivity contribution in [2.24, 2.45) is 9.98 Å². The van der Waals surface area contributed by atoms with Gasteiger partial charge in [-0.1, -0.05) is 42.5 Å². The van der Waals surface area contributed by atoms with Crippen molar-refractivity contribution in [3.63, 3.8) is 0 Å². The Morgan fingerprint density at radius 1 is 0.808 bits per heavy atom. The molecular weight excluding hydrogens is 324 g/mol. The third-order valence-corrected chi connectivity index (χ3v) is 4.35. The fourth-order valence-corrected chi connectivity index (χ4v) is 3.01. The van der Waals surface area contributed by atoms with E-state index in [1.165, 1.54) is 0 Å². The highest BCUT2D eigenvalue weighted by atomic mass is 16.5. The second kappa shape index (κ2) is 6.84. The minimum Gasteiger partial charge on any atom is -0.507 e. The first-order chi connectivity index (χ1) is 12.7. The molecule has 0 radical (unpaired) electrons. The van der Waals surface area contributed by atoms with Crippen molar-refractivity contribution in [2.45, 2.75) is 6.42 Å². The fraction of sp³-hybridized carbons (Fsp3) is 0.0909. The molecule has 3 aromatic carbocycles. The molecule has 0 aromatic heterocycles. The Kier molecular flexibility index (Phi) is 4.23. The molecule has 1 heterocycles. The van der Waals surface area contributed by atoms with E-state index in [9.17, 15) is 5.11 Å². The third-order valence-electron chi connectivity index (χ3n) is 4.35. The first-order valence-corrected chi connectivity index (χ1v) is 8.41. The van der Waals surface area contributed by atoms with E-state index in [4.69, 9.17) is 14.7 Å². The lowest BCUT2D eigenvalue weighted by molar-refractivity contribution is 0.412. The summed E-state index contributed by atoms with van der Waals surface area (Å²) in [6.45, 7) is 0. The van der Waals surface area contributed by atoms with Crippen molar-refractivity contribution in [1.29, 1.82) is 0 Å². The van der Waals surface area contributed by atoms with Crippen LogP contribution in [0.2, 0.25) is 0 Å². The Morgan fingerprint density at radius 3 is 2.15 bits per heavy atom. The lowest BCUT2D eigenvalue weighted by Crippen LogP contribution is -2.10. The SMILES string of the molecule is COc1ccc(O)c(C2=Nc3ccccc3N=C(c3ccccc3)C2)c1. The molecule has 0 atom stereocenters. The molecule has 0 unspecified atom stereocenters. The van der Waals surface area contributed by atoms with Crippen LogP contribution in [0.4, 0.5) is 11.4 Å². The highest BCUT2D eigenvalue weighted by Crippen LogP contribution is 2.34. The van der Waals surface area contributed by atoms with E-state index in [0.717, 1.165) is 28.4 Å². The van der Waals surface area contributed by atoms with Crippen LogP contribution in [0.1, 0.15) is 17.5 Å². The van der Waals surface area contributed by atoms with Crippen molar-refractivity contribution in [1.82, 2.24) is 0 Å². The number of nitrogens with zero attached hydrogens (tertiary/aromatic N) is 2. The maximum Gasteiger partial charge on any atom is 0.124 e. The Bertz CT molecular complexity index is 1010. The number of methoxy groups -OCH3 is 1. The predicted octanol–water partition coefficient (Wildman–Crippen LogP) is 5.05. The number of aliphatic imine (C=N–C) groups is 2. The van der Waals surface area contributed by atoms with Crippen LogP contribution in [-0.2, 0) is 0 Å². The molecule has 3 aromatic rings. The van der Waals surface area contributed by atoms with Gasteiger partial charge in [0, 0.05) is 12.0 Å². The second-order valence-electron chi connectivity index (χ2n) is 6.03. The molecule has 4 heteroatoms. The van der Waals surface area contributed by atoms with Crippen LogP contribution in [0.25, 0.3) is 0 Å². The van der Waals surface area contributed by atoms with Gasteiger partial charge in [0.15, 0.2) is 0 Å². The van der Waals surface area contributed by atoms with E-state index in [0.29, 0.717) is 17.7 Å².